The van der Waals surface area contributed by atoms with E-state index in [1.165, 1.54) is 24.3 Å². The Morgan fingerprint density at radius 2 is 1.82 bits per heavy atom. The number of ether oxygens (including phenoxy) is 2. The predicted octanol–water partition coefficient (Wildman–Crippen LogP) is 5.81. The summed E-state index contributed by atoms with van der Waals surface area (Å²) in [6.45, 7) is -1.32. The zero-order chi connectivity index (χ0) is 31.4. The highest BCUT2D eigenvalue weighted by Crippen LogP contribution is 2.37. The van der Waals surface area contributed by atoms with E-state index in [-0.39, 0.29) is 52.8 Å². The Labute approximate surface area is 251 Å². The number of nitrogens with zero attached hydrogens (tertiary/aromatic N) is 1. The van der Waals surface area contributed by atoms with Crippen molar-refractivity contribution in [3.05, 3.63) is 65.1 Å². The molecule has 3 aromatic rings. The maximum atomic E-state index is 14.9. The molecule has 0 unspecified atom stereocenters. The summed E-state index contributed by atoms with van der Waals surface area (Å²) in [6.07, 6.45) is 5.33. The molecule has 2 fully saturated rings. The van der Waals surface area contributed by atoms with E-state index in [4.69, 9.17) is 14.9 Å². The molecule has 44 heavy (non-hydrogen) atoms. The fourth-order valence-electron chi connectivity index (χ4n) is 5.15. The Kier molecular flexibility index (Phi) is 9.72. The molecule has 2 aliphatic rings. The summed E-state index contributed by atoms with van der Waals surface area (Å²) in [5.74, 6) is -2.64. The molecule has 1 heterocycles. The first kappa shape index (κ1) is 31.3. The molecule has 5 rings (SSSR count). The summed E-state index contributed by atoms with van der Waals surface area (Å²) in [7, 11) is 0. The minimum Gasteiger partial charge on any atom is -0.489 e. The van der Waals surface area contributed by atoms with Gasteiger partial charge in [0.1, 0.15) is 11.6 Å². The third-order valence-electron chi connectivity index (χ3n) is 7.71. The van der Waals surface area contributed by atoms with Gasteiger partial charge in [0.25, 0.3) is 5.91 Å². The average molecular weight is 619 g/mol. The molecule has 236 valence electrons. The van der Waals surface area contributed by atoms with Gasteiger partial charge in [-0.1, -0.05) is 18.9 Å². The number of nitrogens with one attached hydrogen (secondary N) is 2. The van der Waals surface area contributed by atoms with Gasteiger partial charge in [-0.3, -0.25) is 9.59 Å². The quantitative estimate of drug-likeness (QED) is 0.206. The molecule has 2 aromatic carbocycles. The van der Waals surface area contributed by atoms with Crippen LogP contribution in [0.2, 0.25) is 0 Å². The van der Waals surface area contributed by atoms with E-state index < -0.39 is 36.2 Å². The van der Waals surface area contributed by atoms with Crippen LogP contribution in [0.1, 0.15) is 79.3 Å². The summed E-state index contributed by atoms with van der Waals surface area (Å²) in [6, 6.07) is 5.21. The predicted molar refractivity (Wildman–Crippen MR) is 151 cm³/mol. The smallest absolute Gasteiger partial charge is 0.387 e. The molecule has 0 aliphatic heterocycles. The highest BCUT2D eigenvalue weighted by molar-refractivity contribution is 5.94. The lowest BCUT2D eigenvalue weighted by Crippen LogP contribution is -2.40. The minimum atomic E-state index is -3.06. The Morgan fingerprint density at radius 3 is 2.48 bits per heavy atom. The van der Waals surface area contributed by atoms with Crippen LogP contribution in [0.5, 0.6) is 11.5 Å². The number of carbonyl (C=O) groups excluding carboxylic acids is 2. The number of carbonyl (C=O) groups is 2. The minimum absolute atomic E-state index is 0.0131. The van der Waals surface area contributed by atoms with Crippen molar-refractivity contribution in [1.82, 2.24) is 15.6 Å². The molecule has 0 saturated heterocycles. The molecule has 2 saturated carbocycles. The van der Waals surface area contributed by atoms with Gasteiger partial charge in [-0.15, -0.1) is 0 Å². The first-order chi connectivity index (χ1) is 21.1. The lowest BCUT2D eigenvalue weighted by molar-refractivity contribution is -0.124. The van der Waals surface area contributed by atoms with Crippen LogP contribution in [0.4, 0.5) is 17.6 Å². The fraction of sp³-hybridized carbons (Fsp3) is 0.452. The molecule has 0 bridgehead atoms. The topological polar surface area (TPSA) is 129 Å². The Morgan fingerprint density at radius 1 is 1.07 bits per heavy atom. The van der Waals surface area contributed by atoms with Crippen LogP contribution >= 0.6 is 0 Å². The molecule has 1 aromatic heterocycles. The van der Waals surface area contributed by atoms with Crippen molar-refractivity contribution in [2.75, 3.05) is 13.2 Å². The Balaban J connectivity index is 1.41. The summed E-state index contributed by atoms with van der Waals surface area (Å²) < 4.78 is 70.7. The van der Waals surface area contributed by atoms with Gasteiger partial charge >= 0.3 is 6.61 Å². The van der Waals surface area contributed by atoms with E-state index in [0.717, 1.165) is 44.6 Å². The largest absolute Gasteiger partial charge is 0.489 e. The van der Waals surface area contributed by atoms with Crippen molar-refractivity contribution >= 4 is 11.8 Å². The summed E-state index contributed by atoms with van der Waals surface area (Å²) in [5, 5.41) is 5.45. The van der Waals surface area contributed by atoms with Crippen molar-refractivity contribution < 1.29 is 41.0 Å². The van der Waals surface area contributed by atoms with Crippen molar-refractivity contribution in [1.29, 1.82) is 0 Å². The number of halogens is 4. The van der Waals surface area contributed by atoms with Crippen LogP contribution in [0.3, 0.4) is 0 Å². The van der Waals surface area contributed by atoms with Gasteiger partial charge in [-0.05, 0) is 62.8 Å². The van der Waals surface area contributed by atoms with E-state index in [9.17, 15) is 27.2 Å². The SMILES string of the molecule is C[C@H](N)c1oc(-c2ccc(OC(F)F)c(OCC3CC3)c2)nc1C(=O)N[C@H](CNC(=O)C1CCCC1)c1ccc(F)cc1F. The van der Waals surface area contributed by atoms with Crippen LogP contribution in [0.25, 0.3) is 11.5 Å². The second-order valence-electron chi connectivity index (χ2n) is 11.2. The first-order valence-corrected chi connectivity index (χ1v) is 14.6. The van der Waals surface area contributed by atoms with Gasteiger partial charge in [0.05, 0.1) is 18.7 Å². The van der Waals surface area contributed by atoms with Crippen LogP contribution in [-0.2, 0) is 4.79 Å². The maximum Gasteiger partial charge on any atom is 0.387 e. The zero-order valence-electron chi connectivity index (χ0n) is 24.1. The number of nitrogens with two attached hydrogens (primary N) is 1. The van der Waals surface area contributed by atoms with Crippen LogP contribution in [-0.4, -0.2) is 36.6 Å². The number of alkyl halides is 2. The van der Waals surface area contributed by atoms with E-state index >= 15 is 0 Å². The summed E-state index contributed by atoms with van der Waals surface area (Å²) in [5.41, 5.74) is 6.17. The van der Waals surface area contributed by atoms with Crippen LogP contribution in [0, 0.1) is 23.5 Å². The lowest BCUT2D eigenvalue weighted by Gasteiger charge is -2.21. The maximum absolute atomic E-state index is 14.9. The molecule has 2 amide bonds. The van der Waals surface area contributed by atoms with Gasteiger partial charge in [0.15, 0.2) is 23.0 Å². The molecule has 2 aliphatic carbocycles. The molecular weight excluding hydrogens is 584 g/mol. The third-order valence-corrected chi connectivity index (χ3v) is 7.71. The normalized spacial score (nSPS) is 16.5. The molecule has 4 N–H and O–H groups in total. The first-order valence-electron chi connectivity index (χ1n) is 14.6. The highest BCUT2D eigenvalue weighted by Gasteiger charge is 2.29. The van der Waals surface area contributed by atoms with E-state index in [0.29, 0.717) is 24.2 Å². The number of oxazole rings is 1. The Bertz CT molecular complexity index is 1490. The van der Waals surface area contributed by atoms with Crippen molar-refractivity contribution in [3.63, 3.8) is 0 Å². The molecule has 9 nitrogen and oxygen atoms in total. The van der Waals surface area contributed by atoms with Gasteiger partial charge in [0, 0.05) is 29.7 Å². The van der Waals surface area contributed by atoms with Crippen molar-refractivity contribution in [2.45, 2.75) is 64.1 Å². The number of hydrogen-bond acceptors (Lipinski definition) is 7. The zero-order valence-corrected chi connectivity index (χ0v) is 24.1. The summed E-state index contributed by atoms with van der Waals surface area (Å²) >= 11 is 0. The van der Waals surface area contributed by atoms with Gasteiger partial charge in [0.2, 0.25) is 11.8 Å². The van der Waals surface area contributed by atoms with Crippen molar-refractivity contribution in [2.24, 2.45) is 17.6 Å². The number of hydrogen-bond donors (Lipinski definition) is 3. The molecule has 0 radical (unpaired) electrons. The third kappa shape index (κ3) is 7.68. The second-order valence-corrected chi connectivity index (χ2v) is 11.2. The highest BCUT2D eigenvalue weighted by atomic mass is 19.3. The van der Waals surface area contributed by atoms with Crippen LogP contribution in [0.15, 0.2) is 40.8 Å². The average Bonchev–Trinajstić information content (AvgIpc) is 3.43. The number of aromatic nitrogens is 1. The van der Waals surface area contributed by atoms with Crippen molar-refractivity contribution in [3.8, 4) is 23.0 Å². The number of rotatable bonds is 13. The van der Waals surface area contributed by atoms with Gasteiger partial charge < -0.3 is 30.3 Å². The van der Waals surface area contributed by atoms with Gasteiger partial charge in [-0.25, -0.2) is 13.8 Å². The standard InChI is InChI=1S/C31H34F4N4O5/c1-16(36)27-26(39-30(44-27)19-8-11-24(43-31(34)35)25(12-19)42-15-17-6-7-17)29(41)38-23(21-10-9-20(32)13-22(21)33)14-37-28(40)18-4-2-3-5-18/h8-13,16-18,23,31H,2-7,14-15,36H2,1H3,(H,37,40)(H,38,41)/t16-,23+/m0/s1. The second kappa shape index (κ2) is 13.7. The van der Waals surface area contributed by atoms with E-state index in [1.54, 1.807) is 6.92 Å². The molecule has 0 spiro atoms. The fourth-order valence-corrected chi connectivity index (χ4v) is 5.15. The summed E-state index contributed by atoms with van der Waals surface area (Å²) in [4.78, 5) is 30.6. The van der Waals surface area contributed by atoms with E-state index in [1.807, 2.05) is 0 Å². The number of benzene rings is 2. The molecule has 2 atom stereocenters. The number of amides is 2. The lowest BCUT2D eigenvalue weighted by atomic mass is 10.0. The van der Waals surface area contributed by atoms with E-state index in [2.05, 4.69) is 20.4 Å². The van der Waals surface area contributed by atoms with Crippen LogP contribution < -0.4 is 25.8 Å². The monoisotopic (exact) mass is 618 g/mol. The van der Waals surface area contributed by atoms with Gasteiger partial charge in [-0.2, -0.15) is 8.78 Å². The Hall–Kier alpha value is -4.13. The molecule has 13 heteroatoms. The molecular formula is C31H34F4N4O5.